The first-order valence-electron chi connectivity index (χ1n) is 5.92. The van der Waals surface area contributed by atoms with Gasteiger partial charge >= 0.3 is 5.97 Å². The maximum absolute atomic E-state index is 11.5. The quantitative estimate of drug-likeness (QED) is 0.623. The summed E-state index contributed by atoms with van der Waals surface area (Å²) >= 11 is 0. The third-order valence-electron chi connectivity index (χ3n) is 3.22. The second-order valence-corrected chi connectivity index (χ2v) is 6.15. The number of carbonyl (C=O) groups is 1. The van der Waals surface area contributed by atoms with Crippen molar-refractivity contribution in [2.45, 2.75) is 64.6 Å². The molecule has 1 fully saturated rings. The average molecular weight is 278 g/mol. The van der Waals surface area contributed by atoms with Crippen LogP contribution in [0.2, 0.25) is 0 Å². The highest BCUT2D eigenvalue weighted by molar-refractivity contribution is 5.87. The molecular formula is C13H24ClNO3. The molecule has 0 aliphatic carbocycles. The Labute approximate surface area is 115 Å². The van der Waals surface area contributed by atoms with Gasteiger partial charge in [-0.25, -0.2) is 4.79 Å². The number of piperidine rings is 1. The Kier molecular flexibility index (Phi) is 5.41. The molecule has 4 nitrogen and oxygen atoms in total. The number of carbonyl (C=O) groups excluding carboxylic acids is 1. The second-order valence-electron chi connectivity index (χ2n) is 6.15. The first-order valence-corrected chi connectivity index (χ1v) is 5.92. The van der Waals surface area contributed by atoms with E-state index in [2.05, 4.69) is 6.58 Å². The third-order valence-corrected chi connectivity index (χ3v) is 3.22. The van der Waals surface area contributed by atoms with Crippen molar-refractivity contribution < 1.29 is 14.7 Å². The van der Waals surface area contributed by atoms with Gasteiger partial charge in [-0.2, -0.15) is 5.06 Å². The molecule has 5 heteroatoms. The lowest BCUT2D eigenvalue weighted by Crippen LogP contribution is -2.60. The van der Waals surface area contributed by atoms with Crippen molar-refractivity contribution in [2.24, 2.45) is 0 Å². The van der Waals surface area contributed by atoms with Gasteiger partial charge in [-0.1, -0.05) is 6.58 Å². The monoisotopic (exact) mass is 277 g/mol. The standard InChI is InChI=1S/C13H23NO3.ClH/c1-9(2)11(15)17-10-7-12(3,4)14(16)13(5,6)8-10;/h10,16H,1,7-8H2,2-6H3;1H. The van der Waals surface area contributed by atoms with Crippen molar-refractivity contribution in [2.75, 3.05) is 0 Å². The van der Waals surface area contributed by atoms with Gasteiger partial charge in [-0.15, -0.1) is 12.4 Å². The number of nitrogens with zero attached hydrogens (tertiary/aromatic N) is 1. The Bertz CT molecular complexity index is 321. The maximum Gasteiger partial charge on any atom is 0.333 e. The summed E-state index contributed by atoms with van der Waals surface area (Å²) in [6.07, 6.45) is 1.06. The molecule has 1 N–H and O–H groups in total. The van der Waals surface area contributed by atoms with Crippen LogP contribution in [-0.4, -0.2) is 33.4 Å². The summed E-state index contributed by atoms with van der Waals surface area (Å²) in [7, 11) is 0. The van der Waals surface area contributed by atoms with E-state index in [0.717, 1.165) is 0 Å². The fourth-order valence-corrected chi connectivity index (χ4v) is 2.51. The van der Waals surface area contributed by atoms with Crippen molar-refractivity contribution in [3.05, 3.63) is 12.2 Å². The van der Waals surface area contributed by atoms with Crippen LogP contribution in [0.5, 0.6) is 0 Å². The molecule has 1 aliphatic heterocycles. The van der Waals surface area contributed by atoms with Crippen molar-refractivity contribution in [1.82, 2.24) is 5.06 Å². The number of halogens is 1. The maximum atomic E-state index is 11.5. The smallest absolute Gasteiger partial charge is 0.333 e. The van der Waals surface area contributed by atoms with E-state index in [1.54, 1.807) is 6.92 Å². The Balaban J connectivity index is 0.00000289. The fraction of sp³-hybridized carbons (Fsp3) is 0.769. The number of rotatable bonds is 2. The third kappa shape index (κ3) is 3.70. The Morgan fingerprint density at radius 2 is 1.67 bits per heavy atom. The van der Waals surface area contributed by atoms with Crippen molar-refractivity contribution >= 4 is 18.4 Å². The zero-order valence-corrected chi connectivity index (χ0v) is 12.6. The molecule has 0 saturated carbocycles. The predicted molar refractivity (Wildman–Crippen MR) is 73.0 cm³/mol. The van der Waals surface area contributed by atoms with Crippen LogP contribution in [0.15, 0.2) is 12.2 Å². The lowest BCUT2D eigenvalue weighted by molar-refractivity contribution is -0.259. The van der Waals surface area contributed by atoms with E-state index in [1.165, 1.54) is 5.06 Å². The Hall–Kier alpha value is -0.580. The van der Waals surface area contributed by atoms with Crippen LogP contribution in [0.3, 0.4) is 0 Å². The van der Waals surface area contributed by atoms with Gasteiger partial charge in [0.2, 0.25) is 0 Å². The summed E-state index contributed by atoms with van der Waals surface area (Å²) in [5.74, 6) is -0.354. The molecule has 0 radical (unpaired) electrons. The molecule has 1 saturated heterocycles. The Morgan fingerprint density at radius 1 is 1.28 bits per heavy atom. The molecule has 0 spiro atoms. The van der Waals surface area contributed by atoms with Crippen LogP contribution in [0.25, 0.3) is 0 Å². The normalized spacial score (nSPS) is 23.0. The van der Waals surface area contributed by atoms with E-state index >= 15 is 0 Å². The van der Waals surface area contributed by atoms with E-state index in [9.17, 15) is 10.0 Å². The lowest BCUT2D eigenvalue weighted by atomic mass is 9.80. The molecule has 1 aliphatic rings. The minimum Gasteiger partial charge on any atom is -0.459 e. The highest BCUT2D eigenvalue weighted by Crippen LogP contribution is 2.38. The van der Waals surface area contributed by atoms with Gasteiger partial charge in [-0.05, 0) is 34.6 Å². The van der Waals surface area contributed by atoms with Gasteiger partial charge in [0, 0.05) is 29.5 Å². The first kappa shape index (κ1) is 17.4. The SMILES string of the molecule is C=C(C)C(=O)OC1CC(C)(C)N(O)C(C)(C)C1.Cl. The van der Waals surface area contributed by atoms with Gasteiger partial charge in [-0.3, -0.25) is 0 Å². The zero-order chi connectivity index (χ0) is 13.4. The molecule has 0 aromatic rings. The van der Waals surface area contributed by atoms with Crippen LogP contribution in [-0.2, 0) is 9.53 Å². The van der Waals surface area contributed by atoms with Crippen LogP contribution in [0.4, 0.5) is 0 Å². The van der Waals surface area contributed by atoms with E-state index in [4.69, 9.17) is 4.74 Å². The summed E-state index contributed by atoms with van der Waals surface area (Å²) < 4.78 is 5.40. The summed E-state index contributed by atoms with van der Waals surface area (Å²) in [5.41, 5.74) is -0.393. The molecular weight excluding hydrogens is 254 g/mol. The minimum atomic E-state index is -0.401. The molecule has 0 bridgehead atoms. The molecule has 0 unspecified atom stereocenters. The highest BCUT2D eigenvalue weighted by atomic mass is 35.5. The number of hydroxylamine groups is 2. The van der Waals surface area contributed by atoms with Gasteiger partial charge in [0.15, 0.2) is 0 Å². The minimum absolute atomic E-state index is 0. The van der Waals surface area contributed by atoms with Gasteiger partial charge in [0.25, 0.3) is 0 Å². The molecule has 0 aromatic heterocycles. The molecule has 0 atom stereocenters. The van der Waals surface area contributed by atoms with E-state index in [0.29, 0.717) is 18.4 Å². The highest BCUT2D eigenvalue weighted by Gasteiger charge is 2.46. The van der Waals surface area contributed by atoms with E-state index in [-0.39, 0.29) is 24.5 Å². The summed E-state index contributed by atoms with van der Waals surface area (Å²) in [6, 6.07) is 0. The molecule has 18 heavy (non-hydrogen) atoms. The molecule has 1 rings (SSSR count). The van der Waals surface area contributed by atoms with Crippen LogP contribution >= 0.6 is 12.4 Å². The van der Waals surface area contributed by atoms with E-state index in [1.807, 2.05) is 27.7 Å². The molecule has 1 heterocycles. The summed E-state index contributed by atoms with van der Waals surface area (Å²) in [6.45, 7) is 13.0. The second kappa shape index (κ2) is 5.59. The topological polar surface area (TPSA) is 49.8 Å². The Morgan fingerprint density at radius 3 is 2.00 bits per heavy atom. The largest absolute Gasteiger partial charge is 0.459 e. The van der Waals surface area contributed by atoms with Crippen molar-refractivity contribution in [3.63, 3.8) is 0 Å². The van der Waals surface area contributed by atoms with Gasteiger partial charge < -0.3 is 9.94 Å². The summed E-state index contributed by atoms with van der Waals surface area (Å²) in [5, 5.41) is 11.5. The number of ether oxygens (including phenoxy) is 1. The average Bonchev–Trinajstić information content (AvgIpc) is 2.12. The molecule has 0 amide bonds. The first-order chi connectivity index (χ1) is 7.56. The lowest BCUT2D eigenvalue weighted by Gasteiger charge is -2.50. The molecule has 0 aromatic carbocycles. The molecule has 106 valence electrons. The van der Waals surface area contributed by atoms with Crippen LogP contribution in [0.1, 0.15) is 47.5 Å². The van der Waals surface area contributed by atoms with Gasteiger partial charge in [0.05, 0.1) is 0 Å². The van der Waals surface area contributed by atoms with E-state index < -0.39 is 11.1 Å². The number of hydrogen-bond acceptors (Lipinski definition) is 4. The van der Waals surface area contributed by atoms with Crippen molar-refractivity contribution in [1.29, 1.82) is 0 Å². The predicted octanol–water partition coefficient (Wildman–Crippen LogP) is 2.94. The fourth-order valence-electron chi connectivity index (χ4n) is 2.51. The number of hydrogen-bond donors (Lipinski definition) is 1. The summed E-state index contributed by atoms with van der Waals surface area (Å²) in [4.78, 5) is 11.5. The van der Waals surface area contributed by atoms with Crippen LogP contribution < -0.4 is 0 Å². The van der Waals surface area contributed by atoms with Gasteiger partial charge in [0.1, 0.15) is 6.10 Å². The van der Waals surface area contributed by atoms with Crippen LogP contribution in [0, 0.1) is 0 Å². The number of esters is 1. The van der Waals surface area contributed by atoms with Crippen molar-refractivity contribution in [3.8, 4) is 0 Å². The zero-order valence-electron chi connectivity index (χ0n) is 11.8.